The van der Waals surface area contributed by atoms with E-state index in [2.05, 4.69) is 6.92 Å². The fourth-order valence-corrected chi connectivity index (χ4v) is 4.83. The van der Waals surface area contributed by atoms with Gasteiger partial charge < -0.3 is 14.5 Å². The minimum atomic E-state index is -0.146. The molecule has 1 saturated heterocycles. The Morgan fingerprint density at radius 3 is 2.53 bits per heavy atom. The molecule has 1 aromatic carbocycles. The number of nitrogens with zero attached hydrogens (tertiary/aromatic N) is 4. The van der Waals surface area contributed by atoms with Crippen LogP contribution in [0.4, 0.5) is 0 Å². The second kappa shape index (κ2) is 9.63. The molecule has 172 valence electrons. The minimum Gasteiger partial charge on any atom is -0.377 e. The molecule has 1 fully saturated rings. The predicted molar refractivity (Wildman–Crippen MR) is 124 cm³/mol. The lowest BCUT2D eigenvalue weighted by atomic mass is 10.1. The number of halogens is 1. The molecule has 2 aliphatic heterocycles. The number of fused-ring (bicyclic) bond motifs is 1. The summed E-state index contributed by atoms with van der Waals surface area (Å²) in [6, 6.07) is 9.35. The molecule has 7 nitrogen and oxygen atoms in total. The zero-order valence-electron chi connectivity index (χ0n) is 19.0. The van der Waals surface area contributed by atoms with E-state index in [0.717, 1.165) is 30.5 Å². The Bertz CT molecular complexity index is 964. The van der Waals surface area contributed by atoms with Crippen molar-refractivity contribution >= 4 is 23.4 Å². The molecule has 0 radical (unpaired) electrons. The smallest absolute Gasteiger partial charge is 0.272 e. The van der Waals surface area contributed by atoms with Gasteiger partial charge in [0.05, 0.1) is 37.0 Å². The molecule has 1 aromatic heterocycles. The van der Waals surface area contributed by atoms with E-state index < -0.39 is 0 Å². The third-order valence-corrected chi connectivity index (χ3v) is 6.58. The van der Waals surface area contributed by atoms with Gasteiger partial charge in [0.25, 0.3) is 5.91 Å². The van der Waals surface area contributed by atoms with Crippen molar-refractivity contribution in [3.8, 4) is 11.3 Å². The van der Waals surface area contributed by atoms with E-state index in [0.29, 0.717) is 30.5 Å². The summed E-state index contributed by atoms with van der Waals surface area (Å²) in [5, 5.41) is 5.44. The number of aromatic nitrogens is 2. The fraction of sp³-hybridized carbons (Fsp3) is 0.542. The topological polar surface area (TPSA) is 67.7 Å². The summed E-state index contributed by atoms with van der Waals surface area (Å²) >= 11 is 6.03. The van der Waals surface area contributed by atoms with E-state index >= 15 is 0 Å². The molecule has 2 aromatic rings. The van der Waals surface area contributed by atoms with Gasteiger partial charge in [0.1, 0.15) is 12.2 Å². The van der Waals surface area contributed by atoms with Crippen molar-refractivity contribution in [2.75, 3.05) is 26.3 Å². The van der Waals surface area contributed by atoms with Gasteiger partial charge in [-0.2, -0.15) is 5.10 Å². The van der Waals surface area contributed by atoms with Crippen LogP contribution in [0, 0.1) is 0 Å². The Morgan fingerprint density at radius 1 is 1.19 bits per heavy atom. The molecule has 8 heteroatoms. The highest BCUT2D eigenvalue weighted by Gasteiger charge is 2.36. The molecule has 2 amide bonds. The Labute approximate surface area is 194 Å². The quantitative estimate of drug-likeness (QED) is 0.655. The van der Waals surface area contributed by atoms with Gasteiger partial charge in [-0.25, -0.2) is 0 Å². The summed E-state index contributed by atoms with van der Waals surface area (Å²) in [6.45, 7) is 7.76. The van der Waals surface area contributed by atoms with Crippen LogP contribution in [0.25, 0.3) is 11.3 Å². The molecule has 3 atom stereocenters. The number of ether oxygens (including phenoxy) is 1. The van der Waals surface area contributed by atoms with Gasteiger partial charge in [0.2, 0.25) is 5.91 Å². The van der Waals surface area contributed by atoms with Crippen molar-refractivity contribution in [2.24, 2.45) is 0 Å². The number of benzene rings is 1. The molecule has 0 aliphatic carbocycles. The van der Waals surface area contributed by atoms with E-state index in [-0.39, 0.29) is 36.5 Å². The third-order valence-electron chi connectivity index (χ3n) is 6.33. The van der Waals surface area contributed by atoms with Crippen molar-refractivity contribution in [1.82, 2.24) is 19.6 Å². The van der Waals surface area contributed by atoms with Crippen molar-refractivity contribution < 1.29 is 14.3 Å². The van der Waals surface area contributed by atoms with Crippen LogP contribution in [-0.2, 0) is 9.53 Å². The van der Waals surface area contributed by atoms with E-state index in [9.17, 15) is 9.59 Å². The lowest BCUT2D eigenvalue weighted by Gasteiger charge is -2.41. The number of morpholine rings is 1. The minimum absolute atomic E-state index is 0.00376. The number of carbonyl (C=O) groups excluding carboxylic acids is 2. The van der Waals surface area contributed by atoms with E-state index in [4.69, 9.17) is 21.4 Å². The maximum atomic E-state index is 13.4. The van der Waals surface area contributed by atoms with Gasteiger partial charge in [-0.05, 0) is 38.5 Å². The van der Waals surface area contributed by atoms with Crippen LogP contribution in [0.1, 0.15) is 56.6 Å². The maximum absolute atomic E-state index is 13.4. The van der Waals surface area contributed by atoms with Gasteiger partial charge in [-0.3, -0.25) is 14.3 Å². The standard InChI is InChI=1S/C24H31ClN4O3/c1-4-5-6-20-12-27(13-23(30)28-16(2)14-32-15-17(28)3)24(31)22-11-21(26-29(20)22)18-7-9-19(25)10-8-18/h7-11,16-17,20H,4-6,12-15H2,1-3H3/t16-,17+,20?. The number of unbranched alkanes of at least 4 members (excludes halogenated alkanes) is 1. The number of rotatable bonds is 6. The molecule has 32 heavy (non-hydrogen) atoms. The Morgan fingerprint density at radius 2 is 1.88 bits per heavy atom. The van der Waals surface area contributed by atoms with Gasteiger partial charge in [0, 0.05) is 17.1 Å². The van der Waals surface area contributed by atoms with Gasteiger partial charge in [-0.15, -0.1) is 0 Å². The van der Waals surface area contributed by atoms with Crippen LogP contribution in [0.15, 0.2) is 30.3 Å². The van der Waals surface area contributed by atoms with E-state index in [1.807, 2.05) is 53.8 Å². The molecule has 4 rings (SSSR count). The molecule has 0 spiro atoms. The average Bonchev–Trinajstić information content (AvgIpc) is 3.21. The molecular formula is C24H31ClN4O3. The number of hydrogen-bond acceptors (Lipinski definition) is 4. The summed E-state index contributed by atoms with van der Waals surface area (Å²) in [5.41, 5.74) is 2.20. The first kappa shape index (κ1) is 22.8. The highest BCUT2D eigenvalue weighted by molar-refractivity contribution is 6.30. The SMILES string of the molecule is CCCCC1CN(CC(=O)N2[C@H](C)COC[C@@H]2C)C(=O)c2cc(-c3ccc(Cl)cc3)nn21. The second-order valence-electron chi connectivity index (χ2n) is 8.88. The molecule has 0 saturated carbocycles. The Hall–Kier alpha value is -2.38. The monoisotopic (exact) mass is 458 g/mol. The van der Waals surface area contributed by atoms with Crippen molar-refractivity contribution in [2.45, 2.75) is 58.2 Å². The van der Waals surface area contributed by atoms with Crippen LogP contribution in [0.3, 0.4) is 0 Å². The summed E-state index contributed by atoms with van der Waals surface area (Å²) in [4.78, 5) is 30.1. The van der Waals surface area contributed by atoms with Gasteiger partial charge >= 0.3 is 0 Å². The number of carbonyl (C=O) groups is 2. The fourth-order valence-electron chi connectivity index (χ4n) is 4.70. The lowest BCUT2D eigenvalue weighted by molar-refractivity contribution is -0.145. The first-order valence-corrected chi connectivity index (χ1v) is 11.8. The van der Waals surface area contributed by atoms with Crippen LogP contribution >= 0.6 is 11.6 Å². The molecular weight excluding hydrogens is 428 g/mol. The van der Waals surface area contributed by atoms with Crippen molar-refractivity contribution in [1.29, 1.82) is 0 Å². The highest BCUT2D eigenvalue weighted by Crippen LogP contribution is 2.30. The first-order valence-electron chi connectivity index (χ1n) is 11.4. The van der Waals surface area contributed by atoms with Gasteiger partial charge in [-0.1, -0.05) is 43.5 Å². The van der Waals surface area contributed by atoms with Crippen LogP contribution in [0.5, 0.6) is 0 Å². The molecule has 0 N–H and O–H groups in total. The normalized spacial score (nSPS) is 23.4. The van der Waals surface area contributed by atoms with Crippen LogP contribution in [0.2, 0.25) is 5.02 Å². The molecule has 1 unspecified atom stereocenters. The third kappa shape index (κ3) is 4.55. The Balaban J connectivity index is 1.60. The average molecular weight is 459 g/mol. The molecule has 2 aliphatic rings. The van der Waals surface area contributed by atoms with Crippen molar-refractivity contribution in [3.05, 3.63) is 41.0 Å². The number of amides is 2. The van der Waals surface area contributed by atoms with E-state index in [1.165, 1.54) is 0 Å². The predicted octanol–water partition coefficient (Wildman–Crippen LogP) is 4.03. The van der Waals surface area contributed by atoms with Crippen LogP contribution < -0.4 is 0 Å². The summed E-state index contributed by atoms with van der Waals surface area (Å²) < 4.78 is 7.42. The summed E-state index contributed by atoms with van der Waals surface area (Å²) in [5.74, 6) is -0.172. The molecule has 3 heterocycles. The van der Waals surface area contributed by atoms with Crippen molar-refractivity contribution in [3.63, 3.8) is 0 Å². The zero-order chi connectivity index (χ0) is 22.8. The Kier molecular flexibility index (Phi) is 6.86. The number of hydrogen-bond donors (Lipinski definition) is 0. The van der Waals surface area contributed by atoms with Crippen LogP contribution in [-0.4, -0.2) is 69.8 Å². The molecule has 0 bridgehead atoms. The second-order valence-corrected chi connectivity index (χ2v) is 9.32. The van der Waals surface area contributed by atoms with E-state index in [1.54, 1.807) is 4.90 Å². The zero-order valence-corrected chi connectivity index (χ0v) is 19.7. The lowest BCUT2D eigenvalue weighted by Crippen LogP contribution is -2.56. The maximum Gasteiger partial charge on any atom is 0.272 e. The summed E-state index contributed by atoms with van der Waals surface area (Å²) in [7, 11) is 0. The van der Waals surface area contributed by atoms with Gasteiger partial charge in [0.15, 0.2) is 0 Å². The highest BCUT2D eigenvalue weighted by atomic mass is 35.5. The first-order chi connectivity index (χ1) is 15.4. The summed E-state index contributed by atoms with van der Waals surface area (Å²) in [6.07, 6.45) is 3.01. The largest absolute Gasteiger partial charge is 0.377 e.